The van der Waals surface area contributed by atoms with E-state index in [4.69, 9.17) is 10.5 Å². The molecule has 1 aromatic rings. The van der Waals surface area contributed by atoms with E-state index < -0.39 is 0 Å². The molecule has 0 saturated carbocycles. The zero-order valence-corrected chi connectivity index (χ0v) is 10.7. The molecule has 0 radical (unpaired) electrons. The van der Waals surface area contributed by atoms with Crippen LogP contribution in [-0.2, 0) is 12.2 Å². The van der Waals surface area contributed by atoms with Crippen LogP contribution in [0.4, 0.5) is 0 Å². The van der Waals surface area contributed by atoms with E-state index in [1.54, 1.807) is 0 Å². The Kier molecular flexibility index (Phi) is 2.45. The molecule has 0 spiro atoms. The van der Waals surface area contributed by atoms with Crippen LogP contribution < -0.4 is 10.5 Å². The van der Waals surface area contributed by atoms with Crippen LogP contribution in [0.3, 0.4) is 0 Å². The predicted molar refractivity (Wildman–Crippen MR) is 66.4 cm³/mol. The number of thioether (sulfide) groups is 1. The van der Waals surface area contributed by atoms with Crippen molar-refractivity contribution in [2.75, 3.05) is 12.4 Å². The molecular weight excluding hydrogens is 274 g/mol. The lowest BCUT2D eigenvalue weighted by atomic mass is 9.98. The van der Waals surface area contributed by atoms with E-state index in [0.717, 1.165) is 34.8 Å². The molecule has 80 valence electrons. The Morgan fingerprint density at radius 2 is 2.40 bits per heavy atom. The fourth-order valence-electron chi connectivity index (χ4n) is 2.30. The molecule has 2 heterocycles. The summed E-state index contributed by atoms with van der Waals surface area (Å²) >= 11 is 5.53. The number of halogens is 1. The molecule has 0 saturated heterocycles. The first-order valence-electron chi connectivity index (χ1n) is 5.07. The number of hydrogen-bond donors (Lipinski definition) is 1. The molecule has 2 aliphatic heterocycles. The van der Waals surface area contributed by atoms with Crippen molar-refractivity contribution in [1.82, 2.24) is 0 Å². The Bertz CT molecular complexity index is 422. The molecule has 2 nitrogen and oxygen atoms in total. The fraction of sp³-hybridized carbons (Fsp3) is 0.455. The third-order valence-electron chi connectivity index (χ3n) is 2.98. The van der Waals surface area contributed by atoms with Crippen LogP contribution >= 0.6 is 27.7 Å². The highest BCUT2D eigenvalue weighted by atomic mass is 79.9. The van der Waals surface area contributed by atoms with Gasteiger partial charge in [-0.15, -0.1) is 0 Å². The third-order valence-corrected chi connectivity index (χ3v) is 4.73. The van der Waals surface area contributed by atoms with E-state index in [1.807, 2.05) is 11.8 Å². The number of fused-ring (bicyclic) bond motifs is 3. The third kappa shape index (κ3) is 1.50. The molecule has 4 heteroatoms. The van der Waals surface area contributed by atoms with Gasteiger partial charge in [-0.1, -0.05) is 15.9 Å². The molecule has 0 aromatic heterocycles. The van der Waals surface area contributed by atoms with Crippen molar-refractivity contribution < 1.29 is 4.74 Å². The molecule has 0 fully saturated rings. The van der Waals surface area contributed by atoms with Crippen LogP contribution in [0.5, 0.6) is 5.75 Å². The highest BCUT2D eigenvalue weighted by molar-refractivity contribution is 9.10. The Balaban J connectivity index is 2.24. The number of rotatable bonds is 0. The van der Waals surface area contributed by atoms with Crippen LogP contribution in [0, 0.1) is 0 Å². The van der Waals surface area contributed by atoms with E-state index in [-0.39, 0.29) is 6.04 Å². The van der Waals surface area contributed by atoms with Gasteiger partial charge in [0.25, 0.3) is 0 Å². The van der Waals surface area contributed by atoms with Gasteiger partial charge in [-0.2, -0.15) is 11.8 Å². The average Bonchev–Trinajstić information content (AvgIpc) is 2.65. The van der Waals surface area contributed by atoms with Gasteiger partial charge in [-0.05, 0) is 17.2 Å². The number of nitrogens with two attached hydrogens (primary N) is 1. The summed E-state index contributed by atoms with van der Waals surface area (Å²) < 4.78 is 6.87. The van der Waals surface area contributed by atoms with E-state index >= 15 is 0 Å². The molecule has 0 amide bonds. The van der Waals surface area contributed by atoms with Gasteiger partial charge in [0, 0.05) is 34.0 Å². The predicted octanol–water partition coefficient (Wildman–Crippen LogP) is 2.63. The van der Waals surface area contributed by atoms with Crippen molar-refractivity contribution in [2.24, 2.45) is 5.73 Å². The average molecular weight is 286 g/mol. The van der Waals surface area contributed by atoms with Crippen molar-refractivity contribution in [2.45, 2.75) is 18.2 Å². The molecule has 0 bridgehead atoms. The quantitative estimate of drug-likeness (QED) is 0.796. The maximum Gasteiger partial charge on any atom is 0.127 e. The Morgan fingerprint density at radius 3 is 3.27 bits per heavy atom. The summed E-state index contributed by atoms with van der Waals surface area (Å²) in [7, 11) is 0. The smallest absolute Gasteiger partial charge is 0.127 e. The molecule has 0 unspecified atom stereocenters. The van der Waals surface area contributed by atoms with Crippen LogP contribution in [0.25, 0.3) is 0 Å². The van der Waals surface area contributed by atoms with Gasteiger partial charge in [-0.25, -0.2) is 0 Å². The molecule has 1 atom stereocenters. The zero-order valence-electron chi connectivity index (χ0n) is 8.25. The number of benzene rings is 1. The lowest BCUT2D eigenvalue weighted by molar-refractivity contribution is 0.353. The number of ether oxygens (including phenoxy) is 1. The summed E-state index contributed by atoms with van der Waals surface area (Å²) in [5, 5.41) is 0. The van der Waals surface area contributed by atoms with Gasteiger partial charge >= 0.3 is 0 Å². The molecule has 3 rings (SSSR count). The van der Waals surface area contributed by atoms with Gasteiger partial charge in [0.1, 0.15) is 5.75 Å². The van der Waals surface area contributed by atoms with Gasteiger partial charge < -0.3 is 10.5 Å². The Labute approximate surface area is 102 Å². The second-order valence-corrected chi connectivity index (χ2v) is 5.84. The number of hydrogen-bond acceptors (Lipinski definition) is 3. The summed E-state index contributed by atoms with van der Waals surface area (Å²) in [6.07, 6.45) is 1.03. The highest BCUT2D eigenvalue weighted by Gasteiger charge is 2.27. The molecule has 0 aliphatic carbocycles. The summed E-state index contributed by atoms with van der Waals surface area (Å²) in [6.45, 7) is 0.818. The Morgan fingerprint density at radius 1 is 1.53 bits per heavy atom. The lowest BCUT2D eigenvalue weighted by Gasteiger charge is -2.25. The van der Waals surface area contributed by atoms with Crippen molar-refractivity contribution in [3.05, 3.63) is 27.2 Å². The van der Waals surface area contributed by atoms with Crippen molar-refractivity contribution in [3.8, 4) is 5.75 Å². The van der Waals surface area contributed by atoms with E-state index in [9.17, 15) is 0 Å². The van der Waals surface area contributed by atoms with Crippen molar-refractivity contribution in [3.63, 3.8) is 0 Å². The maximum absolute atomic E-state index is 6.13. The van der Waals surface area contributed by atoms with Gasteiger partial charge in [0.2, 0.25) is 0 Å². The van der Waals surface area contributed by atoms with Crippen LogP contribution in [0.2, 0.25) is 0 Å². The van der Waals surface area contributed by atoms with Crippen LogP contribution in [0.15, 0.2) is 10.5 Å². The fourth-order valence-corrected chi connectivity index (χ4v) is 4.14. The zero-order chi connectivity index (χ0) is 10.4. The van der Waals surface area contributed by atoms with E-state index in [1.165, 1.54) is 16.7 Å². The minimum absolute atomic E-state index is 0.141. The standard InChI is InChI=1S/C11H12BrNOS/c12-8-3-6-1-2-14-11(6)7-4-15-5-9(13)10(7)8/h3,9H,1-2,4-5,13H2/t9-/m1/s1. The largest absolute Gasteiger partial charge is 0.493 e. The minimum atomic E-state index is 0.141. The molecule has 1 aromatic carbocycles. The maximum atomic E-state index is 6.13. The van der Waals surface area contributed by atoms with Gasteiger partial charge in [0.15, 0.2) is 0 Å². The topological polar surface area (TPSA) is 35.2 Å². The Hall–Kier alpha value is -0.190. The first-order valence-corrected chi connectivity index (χ1v) is 7.02. The van der Waals surface area contributed by atoms with Crippen LogP contribution in [-0.4, -0.2) is 12.4 Å². The van der Waals surface area contributed by atoms with Crippen molar-refractivity contribution >= 4 is 27.7 Å². The van der Waals surface area contributed by atoms with E-state index in [2.05, 4.69) is 22.0 Å². The van der Waals surface area contributed by atoms with Crippen LogP contribution in [0.1, 0.15) is 22.7 Å². The lowest BCUT2D eigenvalue weighted by Crippen LogP contribution is -2.20. The molecule has 15 heavy (non-hydrogen) atoms. The first-order chi connectivity index (χ1) is 7.27. The summed E-state index contributed by atoms with van der Waals surface area (Å²) in [5.74, 6) is 3.14. The molecule has 2 N–H and O–H groups in total. The summed E-state index contributed by atoms with van der Waals surface area (Å²) in [5.41, 5.74) is 10.0. The first kappa shape index (κ1) is 10.00. The monoisotopic (exact) mass is 285 g/mol. The summed E-state index contributed by atoms with van der Waals surface area (Å²) in [6, 6.07) is 2.32. The second-order valence-electron chi connectivity index (χ2n) is 3.96. The molecule has 2 aliphatic rings. The second kappa shape index (κ2) is 3.68. The van der Waals surface area contributed by atoms with E-state index in [0.29, 0.717) is 0 Å². The van der Waals surface area contributed by atoms with Crippen molar-refractivity contribution in [1.29, 1.82) is 0 Å². The molecular formula is C11H12BrNOS. The van der Waals surface area contributed by atoms with Gasteiger partial charge in [0.05, 0.1) is 6.61 Å². The normalized spacial score (nSPS) is 23.2. The summed E-state index contributed by atoms with van der Waals surface area (Å²) in [4.78, 5) is 0. The minimum Gasteiger partial charge on any atom is -0.493 e. The van der Waals surface area contributed by atoms with Gasteiger partial charge in [-0.3, -0.25) is 0 Å². The SMILES string of the molecule is N[C@@H]1CSCc2c3c(cc(Br)c21)CCO3. The highest BCUT2D eigenvalue weighted by Crippen LogP contribution is 2.44.